The Labute approximate surface area is 163 Å². The van der Waals surface area contributed by atoms with Crippen molar-refractivity contribution in [3.63, 3.8) is 0 Å². The SMILES string of the molecule is CCc1ccc(-c2noc(C3CCC(=O)N3Cc3ccc(Cl)cc3)n2)cc1. The highest BCUT2D eigenvalue weighted by molar-refractivity contribution is 6.30. The molecule has 1 atom stereocenters. The van der Waals surface area contributed by atoms with Crippen LogP contribution in [0.2, 0.25) is 5.02 Å². The maximum absolute atomic E-state index is 12.4. The first-order chi connectivity index (χ1) is 13.1. The van der Waals surface area contributed by atoms with Crippen LogP contribution in [0.3, 0.4) is 0 Å². The van der Waals surface area contributed by atoms with Crippen molar-refractivity contribution in [1.29, 1.82) is 0 Å². The molecular formula is C21H20ClN3O2. The predicted molar refractivity (Wildman–Crippen MR) is 103 cm³/mol. The smallest absolute Gasteiger partial charge is 0.249 e. The van der Waals surface area contributed by atoms with Crippen molar-refractivity contribution in [1.82, 2.24) is 15.0 Å². The molecular weight excluding hydrogens is 362 g/mol. The number of likely N-dealkylation sites (tertiary alicyclic amines) is 1. The third-order valence-electron chi connectivity index (χ3n) is 4.94. The monoisotopic (exact) mass is 381 g/mol. The summed E-state index contributed by atoms with van der Waals surface area (Å²) >= 11 is 5.95. The first-order valence-corrected chi connectivity index (χ1v) is 9.48. The van der Waals surface area contributed by atoms with E-state index in [1.54, 1.807) is 4.90 Å². The molecule has 1 amide bonds. The van der Waals surface area contributed by atoms with Crippen molar-refractivity contribution in [2.75, 3.05) is 0 Å². The number of aryl methyl sites for hydroxylation is 1. The van der Waals surface area contributed by atoms with Crippen LogP contribution in [-0.2, 0) is 17.8 Å². The van der Waals surface area contributed by atoms with Gasteiger partial charge in [-0.15, -0.1) is 0 Å². The van der Waals surface area contributed by atoms with E-state index in [1.165, 1.54) is 5.56 Å². The Balaban J connectivity index is 1.55. The lowest BCUT2D eigenvalue weighted by Gasteiger charge is -2.22. The van der Waals surface area contributed by atoms with Gasteiger partial charge in [0, 0.05) is 23.6 Å². The summed E-state index contributed by atoms with van der Waals surface area (Å²) in [6.45, 7) is 2.62. The van der Waals surface area contributed by atoms with Crippen molar-refractivity contribution >= 4 is 17.5 Å². The van der Waals surface area contributed by atoms with Gasteiger partial charge < -0.3 is 9.42 Å². The summed E-state index contributed by atoms with van der Waals surface area (Å²) in [5.41, 5.74) is 3.20. The Morgan fingerprint density at radius 2 is 1.81 bits per heavy atom. The van der Waals surface area contributed by atoms with E-state index in [0.717, 1.165) is 17.5 Å². The summed E-state index contributed by atoms with van der Waals surface area (Å²) in [6.07, 6.45) is 2.16. The molecule has 1 saturated heterocycles. The van der Waals surface area contributed by atoms with Gasteiger partial charge in [0.25, 0.3) is 0 Å². The first kappa shape index (κ1) is 17.7. The maximum Gasteiger partial charge on any atom is 0.249 e. The number of nitrogens with zero attached hydrogens (tertiary/aromatic N) is 3. The minimum atomic E-state index is -0.190. The lowest BCUT2D eigenvalue weighted by molar-refractivity contribution is -0.129. The second-order valence-electron chi connectivity index (χ2n) is 6.71. The van der Waals surface area contributed by atoms with Gasteiger partial charge in [-0.1, -0.05) is 60.1 Å². The molecule has 0 bridgehead atoms. The van der Waals surface area contributed by atoms with Crippen molar-refractivity contribution in [3.05, 3.63) is 70.6 Å². The predicted octanol–water partition coefficient (Wildman–Crippen LogP) is 4.82. The van der Waals surface area contributed by atoms with E-state index in [9.17, 15) is 4.79 Å². The van der Waals surface area contributed by atoms with Crippen LogP contribution in [0.1, 0.15) is 42.8 Å². The van der Waals surface area contributed by atoms with Gasteiger partial charge >= 0.3 is 0 Å². The molecule has 1 unspecified atom stereocenters. The van der Waals surface area contributed by atoms with Crippen LogP contribution in [0.15, 0.2) is 53.1 Å². The minimum Gasteiger partial charge on any atom is -0.337 e. The number of carbonyl (C=O) groups is 1. The highest BCUT2D eigenvalue weighted by Gasteiger charge is 2.36. The highest BCUT2D eigenvalue weighted by Crippen LogP contribution is 2.34. The van der Waals surface area contributed by atoms with Gasteiger partial charge in [0.1, 0.15) is 6.04 Å². The number of rotatable bonds is 5. The number of hydrogen-bond acceptors (Lipinski definition) is 4. The van der Waals surface area contributed by atoms with E-state index in [-0.39, 0.29) is 11.9 Å². The average molecular weight is 382 g/mol. The van der Waals surface area contributed by atoms with E-state index in [4.69, 9.17) is 16.1 Å². The van der Waals surface area contributed by atoms with E-state index in [1.807, 2.05) is 36.4 Å². The molecule has 0 saturated carbocycles. The quantitative estimate of drug-likeness (QED) is 0.636. The zero-order chi connectivity index (χ0) is 18.8. The van der Waals surface area contributed by atoms with Crippen LogP contribution in [0.4, 0.5) is 0 Å². The van der Waals surface area contributed by atoms with Gasteiger partial charge in [-0.05, 0) is 36.1 Å². The number of benzene rings is 2. The molecule has 1 fully saturated rings. The first-order valence-electron chi connectivity index (χ1n) is 9.11. The third-order valence-corrected chi connectivity index (χ3v) is 5.19. The lowest BCUT2D eigenvalue weighted by atomic mass is 10.1. The molecule has 5 nitrogen and oxygen atoms in total. The number of aromatic nitrogens is 2. The van der Waals surface area contributed by atoms with Gasteiger partial charge in [0.2, 0.25) is 17.6 Å². The van der Waals surface area contributed by atoms with Crippen LogP contribution in [0.25, 0.3) is 11.4 Å². The fraction of sp³-hybridized carbons (Fsp3) is 0.286. The number of hydrogen-bond donors (Lipinski definition) is 0. The van der Waals surface area contributed by atoms with E-state index >= 15 is 0 Å². The maximum atomic E-state index is 12.4. The van der Waals surface area contributed by atoms with Gasteiger partial charge in [-0.25, -0.2) is 0 Å². The lowest BCUT2D eigenvalue weighted by Crippen LogP contribution is -2.27. The van der Waals surface area contributed by atoms with Crippen LogP contribution in [-0.4, -0.2) is 20.9 Å². The van der Waals surface area contributed by atoms with Gasteiger partial charge in [-0.2, -0.15) is 4.98 Å². The molecule has 0 radical (unpaired) electrons. The fourth-order valence-corrected chi connectivity index (χ4v) is 3.48. The molecule has 1 aromatic heterocycles. The summed E-state index contributed by atoms with van der Waals surface area (Å²) in [5, 5.41) is 4.80. The Bertz CT molecular complexity index is 935. The van der Waals surface area contributed by atoms with E-state index in [2.05, 4.69) is 29.2 Å². The fourth-order valence-electron chi connectivity index (χ4n) is 3.35. The van der Waals surface area contributed by atoms with Crippen LogP contribution in [0.5, 0.6) is 0 Å². The summed E-state index contributed by atoms with van der Waals surface area (Å²) in [7, 11) is 0. The van der Waals surface area contributed by atoms with Crippen molar-refractivity contribution in [3.8, 4) is 11.4 Å². The standard InChI is InChI=1S/C21H20ClN3O2/c1-2-14-3-7-16(8-4-14)20-23-21(27-24-20)18-11-12-19(26)25(18)13-15-5-9-17(22)10-6-15/h3-10,18H,2,11-13H2,1H3. The highest BCUT2D eigenvalue weighted by atomic mass is 35.5. The topological polar surface area (TPSA) is 59.2 Å². The Morgan fingerprint density at radius 1 is 1.11 bits per heavy atom. The molecule has 0 spiro atoms. The van der Waals surface area contributed by atoms with Crippen molar-refractivity contribution < 1.29 is 9.32 Å². The number of halogens is 1. The normalized spacial score (nSPS) is 16.9. The van der Waals surface area contributed by atoms with Crippen LogP contribution in [0, 0.1) is 0 Å². The summed E-state index contributed by atoms with van der Waals surface area (Å²) in [5.74, 6) is 1.14. The van der Waals surface area contributed by atoms with Gasteiger partial charge in [-0.3, -0.25) is 4.79 Å². The van der Waals surface area contributed by atoms with Crippen LogP contribution < -0.4 is 0 Å². The molecule has 0 N–H and O–H groups in total. The van der Waals surface area contributed by atoms with Crippen LogP contribution >= 0.6 is 11.6 Å². The Morgan fingerprint density at radius 3 is 2.52 bits per heavy atom. The summed E-state index contributed by atoms with van der Waals surface area (Å²) in [4.78, 5) is 18.8. The second-order valence-corrected chi connectivity index (χ2v) is 7.15. The molecule has 6 heteroatoms. The largest absolute Gasteiger partial charge is 0.337 e. The molecule has 138 valence electrons. The molecule has 2 heterocycles. The molecule has 2 aromatic carbocycles. The average Bonchev–Trinajstić information content (AvgIpc) is 3.31. The molecule has 1 aliphatic rings. The Hall–Kier alpha value is -2.66. The van der Waals surface area contributed by atoms with E-state index in [0.29, 0.717) is 36.1 Å². The number of amides is 1. The zero-order valence-electron chi connectivity index (χ0n) is 15.1. The van der Waals surface area contributed by atoms with E-state index < -0.39 is 0 Å². The van der Waals surface area contributed by atoms with Crippen molar-refractivity contribution in [2.24, 2.45) is 0 Å². The molecule has 3 aromatic rings. The van der Waals surface area contributed by atoms with Gasteiger partial charge in [0.15, 0.2) is 0 Å². The van der Waals surface area contributed by atoms with Crippen molar-refractivity contribution in [2.45, 2.75) is 38.8 Å². The minimum absolute atomic E-state index is 0.0991. The number of carbonyl (C=O) groups excluding carboxylic acids is 1. The second kappa shape index (κ2) is 7.53. The molecule has 4 rings (SSSR count). The van der Waals surface area contributed by atoms with Gasteiger partial charge in [0.05, 0.1) is 0 Å². The summed E-state index contributed by atoms with van der Waals surface area (Å²) < 4.78 is 5.52. The molecule has 27 heavy (non-hydrogen) atoms. The zero-order valence-corrected chi connectivity index (χ0v) is 15.8. The summed E-state index contributed by atoms with van der Waals surface area (Å²) in [6, 6.07) is 15.5. The Kier molecular flexibility index (Phi) is 4.94. The molecule has 1 aliphatic heterocycles. The molecule has 0 aliphatic carbocycles. The third kappa shape index (κ3) is 3.74.